The fraction of sp³-hybridized carbons (Fsp3) is 0.333. The number of aromatic nitrogens is 2. The van der Waals surface area contributed by atoms with Crippen LogP contribution in [0.1, 0.15) is 0 Å². The topological polar surface area (TPSA) is 101 Å². The molecule has 114 valence electrons. The summed E-state index contributed by atoms with van der Waals surface area (Å²) in [6.45, 7) is 0.607. The molecule has 21 heavy (non-hydrogen) atoms. The van der Waals surface area contributed by atoms with Crippen LogP contribution >= 0.6 is 11.8 Å². The maximum Gasteiger partial charge on any atom is 0.313 e. The maximum atomic E-state index is 11.1. The first-order chi connectivity index (χ1) is 9.87. The molecule has 7 nitrogen and oxygen atoms in total. The predicted molar refractivity (Wildman–Crippen MR) is 80.9 cm³/mol. The molecule has 0 aliphatic carbocycles. The van der Waals surface area contributed by atoms with Crippen molar-refractivity contribution in [1.29, 1.82) is 0 Å². The SMILES string of the molecule is CS(=O)(=O)NCCn1c(SCC(=O)O)nc2ccccc21. The van der Waals surface area contributed by atoms with Gasteiger partial charge in [-0.3, -0.25) is 4.79 Å². The van der Waals surface area contributed by atoms with Crippen LogP contribution in [0, 0.1) is 0 Å². The van der Waals surface area contributed by atoms with Crippen molar-refractivity contribution >= 4 is 38.8 Å². The Morgan fingerprint density at radius 1 is 1.43 bits per heavy atom. The summed E-state index contributed by atoms with van der Waals surface area (Å²) in [5.74, 6) is -1.02. The minimum absolute atomic E-state index is 0.0944. The zero-order chi connectivity index (χ0) is 15.5. The van der Waals surface area contributed by atoms with Gasteiger partial charge >= 0.3 is 5.97 Å². The van der Waals surface area contributed by atoms with Crippen LogP contribution < -0.4 is 4.72 Å². The van der Waals surface area contributed by atoms with Crippen molar-refractivity contribution in [3.05, 3.63) is 24.3 Å². The average molecular weight is 329 g/mol. The van der Waals surface area contributed by atoms with Crippen LogP contribution in [0.25, 0.3) is 11.0 Å². The first kappa shape index (κ1) is 15.8. The lowest BCUT2D eigenvalue weighted by atomic mass is 10.3. The van der Waals surface area contributed by atoms with Crippen molar-refractivity contribution in [2.24, 2.45) is 0 Å². The molecule has 2 N–H and O–H groups in total. The second kappa shape index (κ2) is 6.46. The second-order valence-corrected chi connectivity index (χ2v) is 7.16. The highest BCUT2D eigenvalue weighted by atomic mass is 32.2. The van der Waals surface area contributed by atoms with E-state index in [9.17, 15) is 13.2 Å². The maximum absolute atomic E-state index is 11.1. The van der Waals surface area contributed by atoms with Crippen molar-refractivity contribution in [1.82, 2.24) is 14.3 Å². The highest BCUT2D eigenvalue weighted by Crippen LogP contribution is 2.23. The van der Waals surface area contributed by atoms with Crippen LogP contribution in [0.2, 0.25) is 0 Å². The van der Waals surface area contributed by atoms with Gasteiger partial charge in [0, 0.05) is 13.1 Å². The Morgan fingerprint density at radius 3 is 2.81 bits per heavy atom. The van der Waals surface area contributed by atoms with E-state index in [2.05, 4.69) is 9.71 Å². The van der Waals surface area contributed by atoms with Crippen LogP contribution in [0.5, 0.6) is 0 Å². The summed E-state index contributed by atoms with van der Waals surface area (Å²) in [7, 11) is -3.25. The molecule has 2 aromatic rings. The lowest BCUT2D eigenvalue weighted by Gasteiger charge is -2.08. The van der Waals surface area contributed by atoms with Gasteiger partial charge in [0.05, 0.1) is 23.0 Å². The number of aliphatic carboxylic acids is 1. The molecule has 0 saturated carbocycles. The number of carbonyl (C=O) groups is 1. The number of carboxylic acid groups (broad SMARTS) is 1. The minimum Gasteiger partial charge on any atom is -0.481 e. The van der Waals surface area contributed by atoms with E-state index >= 15 is 0 Å². The number of fused-ring (bicyclic) bond motifs is 1. The predicted octanol–water partition coefficient (Wildman–Crippen LogP) is 0.762. The van der Waals surface area contributed by atoms with Crippen LogP contribution in [0.15, 0.2) is 29.4 Å². The van der Waals surface area contributed by atoms with E-state index in [1.807, 2.05) is 28.8 Å². The Bertz CT molecular complexity index is 755. The molecule has 0 amide bonds. The molecule has 0 bridgehead atoms. The Hall–Kier alpha value is -1.58. The van der Waals surface area contributed by atoms with Crippen LogP contribution in [-0.4, -0.2) is 47.6 Å². The summed E-state index contributed by atoms with van der Waals surface area (Å²) in [6.07, 6.45) is 1.10. The molecule has 0 fully saturated rings. The highest BCUT2D eigenvalue weighted by Gasteiger charge is 2.12. The molecule has 0 unspecified atom stereocenters. The minimum atomic E-state index is -3.25. The Morgan fingerprint density at radius 2 is 2.14 bits per heavy atom. The van der Waals surface area contributed by atoms with Gasteiger partial charge in [-0.05, 0) is 12.1 Å². The van der Waals surface area contributed by atoms with Gasteiger partial charge in [-0.1, -0.05) is 23.9 Å². The molecular formula is C12H15N3O4S2. The van der Waals surface area contributed by atoms with Gasteiger partial charge in [0.15, 0.2) is 5.16 Å². The molecule has 0 saturated heterocycles. The van der Waals surface area contributed by atoms with Gasteiger partial charge in [0.25, 0.3) is 0 Å². The van der Waals surface area contributed by atoms with E-state index in [0.717, 1.165) is 29.1 Å². The second-order valence-electron chi connectivity index (χ2n) is 4.38. The van der Waals surface area contributed by atoms with Gasteiger partial charge in [-0.15, -0.1) is 0 Å². The number of carboxylic acids is 1. The molecule has 0 aliphatic heterocycles. The van der Waals surface area contributed by atoms with Crippen molar-refractivity contribution < 1.29 is 18.3 Å². The van der Waals surface area contributed by atoms with E-state index in [4.69, 9.17) is 5.11 Å². The smallest absolute Gasteiger partial charge is 0.313 e. The van der Waals surface area contributed by atoms with Crippen LogP contribution in [-0.2, 0) is 21.4 Å². The lowest BCUT2D eigenvalue weighted by Crippen LogP contribution is -2.26. The monoisotopic (exact) mass is 329 g/mol. The van der Waals surface area contributed by atoms with Crippen molar-refractivity contribution in [2.45, 2.75) is 11.7 Å². The normalized spacial score (nSPS) is 11.9. The Balaban J connectivity index is 2.24. The number of benzene rings is 1. The fourth-order valence-corrected chi connectivity index (χ4v) is 3.07. The third-order valence-electron chi connectivity index (χ3n) is 2.64. The number of nitrogens with one attached hydrogen (secondary N) is 1. The van der Waals surface area contributed by atoms with Crippen LogP contribution in [0.3, 0.4) is 0 Å². The summed E-state index contributed by atoms with van der Waals surface area (Å²) in [5, 5.41) is 9.34. The van der Waals surface area contributed by atoms with Gasteiger partial charge in [0.1, 0.15) is 0 Å². The first-order valence-corrected chi connectivity index (χ1v) is 8.99. The number of imidazole rings is 1. The van der Waals surface area contributed by atoms with Crippen molar-refractivity contribution in [3.63, 3.8) is 0 Å². The van der Waals surface area contributed by atoms with Gasteiger partial charge in [-0.2, -0.15) is 0 Å². The van der Waals surface area contributed by atoms with E-state index in [1.165, 1.54) is 0 Å². The average Bonchev–Trinajstić information content (AvgIpc) is 2.73. The molecule has 2 rings (SSSR count). The Kier molecular flexibility index (Phi) is 4.86. The molecular weight excluding hydrogens is 314 g/mol. The standard InChI is InChI=1S/C12H15N3O4S2/c1-21(18,19)13-6-7-15-10-5-3-2-4-9(10)14-12(15)20-8-11(16)17/h2-5,13H,6-8H2,1H3,(H,16,17). The van der Waals surface area contributed by atoms with E-state index in [-0.39, 0.29) is 12.3 Å². The van der Waals surface area contributed by atoms with Gasteiger partial charge < -0.3 is 9.67 Å². The summed E-state index contributed by atoms with van der Waals surface area (Å²) in [5.41, 5.74) is 1.60. The van der Waals surface area contributed by atoms with Crippen molar-refractivity contribution in [3.8, 4) is 0 Å². The number of sulfonamides is 1. The van der Waals surface area contributed by atoms with E-state index in [1.54, 1.807) is 0 Å². The number of para-hydroxylation sites is 2. The summed E-state index contributed by atoms with van der Waals surface area (Å²) < 4.78 is 26.4. The summed E-state index contributed by atoms with van der Waals surface area (Å²) >= 11 is 1.11. The van der Waals surface area contributed by atoms with E-state index < -0.39 is 16.0 Å². The molecule has 0 spiro atoms. The molecule has 1 aromatic carbocycles. The molecule has 0 aliphatic rings. The van der Waals surface area contributed by atoms with Crippen LogP contribution in [0.4, 0.5) is 0 Å². The van der Waals surface area contributed by atoms with Gasteiger partial charge in [0.2, 0.25) is 10.0 Å². The number of rotatable bonds is 7. The third kappa shape index (κ3) is 4.45. The quantitative estimate of drug-likeness (QED) is 0.727. The zero-order valence-electron chi connectivity index (χ0n) is 11.3. The van der Waals surface area contributed by atoms with Gasteiger partial charge in [-0.25, -0.2) is 18.1 Å². The molecule has 1 aromatic heterocycles. The lowest BCUT2D eigenvalue weighted by molar-refractivity contribution is -0.133. The molecule has 1 heterocycles. The first-order valence-electron chi connectivity index (χ1n) is 6.11. The number of hydrogen-bond donors (Lipinski definition) is 2. The number of thioether (sulfide) groups is 1. The molecule has 9 heteroatoms. The zero-order valence-corrected chi connectivity index (χ0v) is 12.9. The fourth-order valence-electron chi connectivity index (χ4n) is 1.85. The molecule has 0 radical (unpaired) electrons. The van der Waals surface area contributed by atoms with E-state index in [0.29, 0.717) is 11.7 Å². The molecule has 0 atom stereocenters. The van der Waals surface area contributed by atoms with Crippen molar-refractivity contribution in [2.75, 3.05) is 18.6 Å². The number of hydrogen-bond acceptors (Lipinski definition) is 5. The Labute approximate surface area is 126 Å². The largest absolute Gasteiger partial charge is 0.481 e. The summed E-state index contributed by atoms with van der Waals surface area (Å²) in [6, 6.07) is 7.41. The summed E-state index contributed by atoms with van der Waals surface area (Å²) in [4.78, 5) is 15.1. The third-order valence-corrected chi connectivity index (χ3v) is 4.33. The highest BCUT2D eigenvalue weighted by molar-refractivity contribution is 7.99. The number of nitrogens with zero attached hydrogens (tertiary/aromatic N) is 2.